The molecule has 0 saturated carbocycles. The van der Waals surface area contributed by atoms with E-state index in [1.165, 1.54) is 17.9 Å². The van der Waals surface area contributed by atoms with Crippen molar-refractivity contribution in [1.29, 1.82) is 0 Å². The van der Waals surface area contributed by atoms with Crippen molar-refractivity contribution in [3.63, 3.8) is 0 Å². The third-order valence-corrected chi connectivity index (χ3v) is 4.25. The highest BCUT2D eigenvalue weighted by atomic mass is 16.5. The highest BCUT2D eigenvalue weighted by Crippen LogP contribution is 2.30. The number of carbonyl (C=O) groups is 3. The third kappa shape index (κ3) is 6.99. The van der Waals surface area contributed by atoms with E-state index in [9.17, 15) is 14.4 Å². The Bertz CT molecular complexity index is 982. The topological polar surface area (TPSA) is 84.9 Å². The fraction of sp³-hybridized carbons (Fsp3) is 0.292. The van der Waals surface area contributed by atoms with Gasteiger partial charge in [0.15, 0.2) is 23.4 Å². The summed E-state index contributed by atoms with van der Waals surface area (Å²) in [5, 5.41) is 2.66. The summed E-state index contributed by atoms with van der Waals surface area (Å²) in [6.45, 7) is 5.37. The van der Waals surface area contributed by atoms with Gasteiger partial charge in [-0.25, -0.2) is 0 Å². The predicted octanol–water partition coefficient (Wildman–Crippen LogP) is 3.80. The van der Waals surface area contributed by atoms with Crippen LogP contribution in [0.3, 0.4) is 0 Å². The number of carbonyl (C=O) groups excluding carboxylic acids is 3. The number of allylic oxidation sites excluding steroid dienone is 1. The molecule has 164 valence electrons. The van der Waals surface area contributed by atoms with Gasteiger partial charge in [0, 0.05) is 32.3 Å². The van der Waals surface area contributed by atoms with Crippen LogP contribution in [0.5, 0.6) is 11.5 Å². The second-order valence-corrected chi connectivity index (χ2v) is 7.09. The Morgan fingerprint density at radius 1 is 1.10 bits per heavy atom. The van der Waals surface area contributed by atoms with E-state index in [4.69, 9.17) is 9.47 Å². The van der Waals surface area contributed by atoms with Crippen molar-refractivity contribution < 1.29 is 23.9 Å². The van der Waals surface area contributed by atoms with E-state index < -0.39 is 6.10 Å². The van der Waals surface area contributed by atoms with E-state index in [1.54, 1.807) is 69.6 Å². The number of ether oxygens (including phenoxy) is 2. The van der Waals surface area contributed by atoms with Gasteiger partial charge in [-0.2, -0.15) is 0 Å². The summed E-state index contributed by atoms with van der Waals surface area (Å²) in [5.41, 5.74) is 1.77. The van der Waals surface area contributed by atoms with Crippen LogP contribution in [-0.2, 0) is 9.59 Å². The van der Waals surface area contributed by atoms with Crippen LogP contribution in [-0.4, -0.2) is 49.3 Å². The van der Waals surface area contributed by atoms with Gasteiger partial charge in [0.25, 0.3) is 5.91 Å². The Morgan fingerprint density at radius 2 is 1.84 bits per heavy atom. The van der Waals surface area contributed by atoms with Crippen LogP contribution in [0.25, 0.3) is 6.08 Å². The maximum absolute atomic E-state index is 12.5. The van der Waals surface area contributed by atoms with E-state index in [0.29, 0.717) is 29.4 Å². The molecule has 0 bridgehead atoms. The molecule has 7 nitrogen and oxygen atoms in total. The van der Waals surface area contributed by atoms with Gasteiger partial charge in [0.1, 0.15) is 0 Å². The van der Waals surface area contributed by atoms with Crippen molar-refractivity contribution in [2.75, 3.05) is 26.0 Å². The second kappa shape index (κ2) is 11.0. The highest BCUT2D eigenvalue weighted by molar-refractivity contribution is 6.07. The molecular formula is C24H28N2O5. The second-order valence-electron chi connectivity index (χ2n) is 7.09. The smallest absolute Gasteiger partial charge is 0.262 e. The van der Waals surface area contributed by atoms with Gasteiger partial charge in [-0.1, -0.05) is 24.3 Å². The fourth-order valence-corrected chi connectivity index (χ4v) is 2.82. The number of likely N-dealkylation sites (N-methyl/N-ethyl adjacent to an activating group) is 1. The molecule has 2 aromatic carbocycles. The van der Waals surface area contributed by atoms with Gasteiger partial charge in [-0.15, -0.1) is 0 Å². The van der Waals surface area contributed by atoms with E-state index in [1.807, 2.05) is 6.92 Å². The molecule has 7 heteroatoms. The molecule has 0 aliphatic rings. The van der Waals surface area contributed by atoms with Crippen LogP contribution in [0.15, 0.2) is 48.5 Å². The molecule has 0 aliphatic carbocycles. The van der Waals surface area contributed by atoms with Crippen molar-refractivity contribution in [3.8, 4) is 11.5 Å². The van der Waals surface area contributed by atoms with E-state index in [-0.39, 0.29) is 17.6 Å². The summed E-state index contributed by atoms with van der Waals surface area (Å²) >= 11 is 0. The summed E-state index contributed by atoms with van der Waals surface area (Å²) in [5.74, 6) is 0.390. The molecule has 2 rings (SSSR count). The van der Waals surface area contributed by atoms with Crippen LogP contribution in [0.2, 0.25) is 0 Å². The molecular weight excluding hydrogens is 396 g/mol. The normalized spacial score (nSPS) is 11.6. The Labute approximate surface area is 182 Å². The molecule has 0 saturated heterocycles. The van der Waals surface area contributed by atoms with Crippen LogP contribution in [0, 0.1) is 0 Å². The van der Waals surface area contributed by atoms with E-state index in [2.05, 4.69) is 5.32 Å². The Morgan fingerprint density at radius 3 is 2.48 bits per heavy atom. The molecule has 0 fully saturated rings. The Kier molecular flexibility index (Phi) is 8.37. The van der Waals surface area contributed by atoms with Gasteiger partial charge in [0.2, 0.25) is 5.91 Å². The van der Waals surface area contributed by atoms with Crippen molar-refractivity contribution in [2.24, 2.45) is 0 Å². The summed E-state index contributed by atoms with van der Waals surface area (Å²) in [7, 11) is 3.34. The number of anilines is 1. The first-order valence-electron chi connectivity index (χ1n) is 9.96. The zero-order valence-corrected chi connectivity index (χ0v) is 18.5. The van der Waals surface area contributed by atoms with Crippen LogP contribution < -0.4 is 14.8 Å². The van der Waals surface area contributed by atoms with Crippen LogP contribution in [0.4, 0.5) is 5.69 Å². The van der Waals surface area contributed by atoms with Crippen molar-refractivity contribution >= 4 is 29.4 Å². The molecule has 0 aliphatic heterocycles. The number of rotatable bonds is 9. The van der Waals surface area contributed by atoms with Crippen LogP contribution in [0.1, 0.15) is 36.7 Å². The van der Waals surface area contributed by atoms with E-state index >= 15 is 0 Å². The van der Waals surface area contributed by atoms with Crippen molar-refractivity contribution in [1.82, 2.24) is 4.90 Å². The van der Waals surface area contributed by atoms with Gasteiger partial charge in [-0.3, -0.25) is 14.4 Å². The zero-order chi connectivity index (χ0) is 23.0. The fourth-order valence-electron chi connectivity index (χ4n) is 2.82. The highest BCUT2D eigenvalue weighted by Gasteiger charge is 2.18. The maximum atomic E-state index is 12.5. The summed E-state index contributed by atoms with van der Waals surface area (Å²) in [4.78, 5) is 37.3. The molecule has 1 atom stereocenters. The zero-order valence-electron chi connectivity index (χ0n) is 18.5. The number of benzene rings is 2. The summed E-state index contributed by atoms with van der Waals surface area (Å²) in [6, 6.07) is 12.0. The largest absolute Gasteiger partial charge is 0.490 e. The minimum Gasteiger partial charge on any atom is -0.490 e. The molecule has 31 heavy (non-hydrogen) atoms. The standard InChI is InChI=1S/C24H28N2O5/c1-6-30-23-14-18(11-13-22(23)31-16(2)24(29)26(4)5)10-12-21(28)19-8-7-9-20(15-19)25-17(3)27/h7-16H,6H2,1-5H3,(H,25,27)/b12-10+/t16-/m1/s1. The molecule has 0 unspecified atom stereocenters. The lowest BCUT2D eigenvalue weighted by Crippen LogP contribution is -2.35. The average molecular weight is 424 g/mol. The molecule has 2 aromatic rings. The number of ketones is 1. The first kappa shape index (κ1) is 23.7. The Hall–Kier alpha value is -3.61. The number of nitrogens with zero attached hydrogens (tertiary/aromatic N) is 1. The first-order valence-corrected chi connectivity index (χ1v) is 9.96. The number of hydrogen-bond acceptors (Lipinski definition) is 5. The van der Waals surface area contributed by atoms with Gasteiger partial charge >= 0.3 is 0 Å². The molecule has 0 heterocycles. The van der Waals surface area contributed by atoms with Gasteiger partial charge in [-0.05, 0) is 49.8 Å². The number of amides is 2. The lowest BCUT2D eigenvalue weighted by Gasteiger charge is -2.20. The molecule has 1 N–H and O–H groups in total. The Balaban J connectivity index is 2.18. The average Bonchev–Trinajstić information content (AvgIpc) is 2.72. The predicted molar refractivity (Wildman–Crippen MR) is 121 cm³/mol. The van der Waals surface area contributed by atoms with Gasteiger partial charge in [0.05, 0.1) is 6.61 Å². The molecule has 0 spiro atoms. The summed E-state index contributed by atoms with van der Waals surface area (Å²) < 4.78 is 11.4. The SMILES string of the molecule is CCOc1cc(/C=C/C(=O)c2cccc(NC(C)=O)c2)ccc1O[C@H](C)C(=O)N(C)C. The monoisotopic (exact) mass is 424 g/mol. The lowest BCUT2D eigenvalue weighted by molar-refractivity contribution is -0.135. The third-order valence-electron chi connectivity index (χ3n) is 4.25. The summed E-state index contributed by atoms with van der Waals surface area (Å²) in [6.07, 6.45) is 2.47. The maximum Gasteiger partial charge on any atom is 0.262 e. The first-order chi connectivity index (χ1) is 14.7. The van der Waals surface area contributed by atoms with Crippen molar-refractivity contribution in [3.05, 3.63) is 59.7 Å². The van der Waals surface area contributed by atoms with Crippen molar-refractivity contribution in [2.45, 2.75) is 26.9 Å². The quantitative estimate of drug-likeness (QED) is 0.489. The lowest BCUT2D eigenvalue weighted by atomic mass is 10.1. The molecule has 0 radical (unpaired) electrons. The van der Waals surface area contributed by atoms with Crippen LogP contribution >= 0.6 is 0 Å². The number of nitrogens with one attached hydrogen (secondary N) is 1. The number of hydrogen-bond donors (Lipinski definition) is 1. The molecule has 0 aromatic heterocycles. The minimum atomic E-state index is -0.659. The minimum absolute atomic E-state index is 0.154. The van der Waals surface area contributed by atoms with Gasteiger partial charge < -0.3 is 19.7 Å². The molecule has 2 amide bonds. The van der Waals surface area contributed by atoms with E-state index in [0.717, 1.165) is 5.56 Å².